The van der Waals surface area contributed by atoms with Gasteiger partial charge >= 0.3 is 5.69 Å². The van der Waals surface area contributed by atoms with Gasteiger partial charge in [0.2, 0.25) is 5.82 Å². The quantitative estimate of drug-likeness (QED) is 0.633. The summed E-state index contributed by atoms with van der Waals surface area (Å²) in [7, 11) is 0. The third-order valence-electron chi connectivity index (χ3n) is 2.52. The predicted molar refractivity (Wildman–Crippen MR) is 65.5 cm³/mol. The second-order valence-electron chi connectivity index (χ2n) is 3.67. The van der Waals surface area contributed by atoms with E-state index in [2.05, 4.69) is 4.98 Å². The molecule has 5 heteroatoms. The summed E-state index contributed by atoms with van der Waals surface area (Å²) in [5.74, 6) is -0.0595. The molecule has 0 saturated heterocycles. The minimum atomic E-state index is -0.538. The van der Waals surface area contributed by atoms with E-state index in [1.807, 2.05) is 31.2 Å². The van der Waals surface area contributed by atoms with Crippen molar-refractivity contribution in [1.82, 2.24) is 4.98 Å². The normalized spacial score (nSPS) is 10.2. The summed E-state index contributed by atoms with van der Waals surface area (Å²) in [5, 5.41) is 10.6. The fourth-order valence-corrected chi connectivity index (χ4v) is 1.63. The molecule has 5 nitrogen and oxygen atoms in total. The van der Waals surface area contributed by atoms with E-state index >= 15 is 0 Å². The Morgan fingerprint density at radius 2 is 1.94 bits per heavy atom. The number of anilines is 1. The number of rotatable bonds is 2. The van der Waals surface area contributed by atoms with Crippen molar-refractivity contribution in [1.29, 1.82) is 0 Å². The smallest absolute Gasteiger partial charge is 0.311 e. The number of aromatic nitrogens is 1. The Hall–Kier alpha value is -2.43. The molecule has 1 aromatic carbocycles. The van der Waals surface area contributed by atoms with Gasteiger partial charge in [0.15, 0.2) is 0 Å². The first-order chi connectivity index (χ1) is 8.09. The van der Waals surface area contributed by atoms with Crippen LogP contribution in [0.4, 0.5) is 11.5 Å². The van der Waals surface area contributed by atoms with Crippen LogP contribution in [0.2, 0.25) is 0 Å². The molecule has 0 radical (unpaired) electrons. The average molecular weight is 229 g/mol. The van der Waals surface area contributed by atoms with Crippen molar-refractivity contribution in [3.8, 4) is 11.3 Å². The van der Waals surface area contributed by atoms with Crippen molar-refractivity contribution in [2.24, 2.45) is 0 Å². The van der Waals surface area contributed by atoms with Gasteiger partial charge < -0.3 is 5.73 Å². The standard InChI is InChI=1S/C12H11N3O2/c1-8-4-2-3-5-9(8)10-6-7-11(15(16)17)12(13)14-10/h2-7H,1H3,(H2,13,14). The number of nitrogens with zero attached hydrogens (tertiary/aromatic N) is 2. The number of nitro groups is 1. The summed E-state index contributed by atoms with van der Waals surface area (Å²) < 4.78 is 0. The molecule has 1 heterocycles. The largest absolute Gasteiger partial charge is 0.378 e. The SMILES string of the molecule is Cc1ccccc1-c1ccc([N+](=O)[O-])c(N)n1. The molecule has 86 valence electrons. The molecular weight excluding hydrogens is 218 g/mol. The van der Waals surface area contributed by atoms with Gasteiger partial charge in [-0.3, -0.25) is 10.1 Å². The lowest BCUT2D eigenvalue weighted by Crippen LogP contribution is -1.99. The van der Waals surface area contributed by atoms with Crippen LogP contribution in [0.25, 0.3) is 11.3 Å². The number of benzene rings is 1. The van der Waals surface area contributed by atoms with E-state index in [1.165, 1.54) is 6.07 Å². The number of aryl methyl sites for hydroxylation is 1. The first-order valence-electron chi connectivity index (χ1n) is 5.06. The zero-order valence-corrected chi connectivity index (χ0v) is 9.25. The van der Waals surface area contributed by atoms with E-state index in [0.29, 0.717) is 5.69 Å². The Morgan fingerprint density at radius 1 is 1.24 bits per heavy atom. The lowest BCUT2D eigenvalue weighted by molar-refractivity contribution is -0.384. The summed E-state index contributed by atoms with van der Waals surface area (Å²) >= 11 is 0. The van der Waals surface area contributed by atoms with Gasteiger partial charge in [-0.05, 0) is 18.6 Å². The molecule has 0 aliphatic heterocycles. The van der Waals surface area contributed by atoms with Crippen molar-refractivity contribution in [2.45, 2.75) is 6.92 Å². The summed E-state index contributed by atoms with van der Waals surface area (Å²) in [4.78, 5) is 14.1. The molecule has 2 aromatic rings. The molecule has 0 atom stereocenters. The lowest BCUT2D eigenvalue weighted by Gasteiger charge is -2.05. The second-order valence-corrected chi connectivity index (χ2v) is 3.67. The summed E-state index contributed by atoms with van der Waals surface area (Å²) in [6.45, 7) is 1.95. The zero-order chi connectivity index (χ0) is 12.4. The van der Waals surface area contributed by atoms with Crippen LogP contribution in [0, 0.1) is 17.0 Å². The molecule has 2 N–H and O–H groups in total. The Morgan fingerprint density at radius 3 is 2.53 bits per heavy atom. The Balaban J connectivity index is 2.52. The molecule has 0 aliphatic rings. The number of pyridine rings is 1. The van der Waals surface area contributed by atoms with E-state index in [9.17, 15) is 10.1 Å². The molecule has 0 fully saturated rings. The van der Waals surface area contributed by atoms with E-state index < -0.39 is 4.92 Å². The molecule has 2 rings (SSSR count). The summed E-state index contributed by atoms with van der Waals surface area (Å²) in [6.07, 6.45) is 0. The molecule has 1 aromatic heterocycles. The number of nitrogen functional groups attached to an aromatic ring is 1. The van der Waals surface area contributed by atoms with Crippen LogP contribution in [-0.4, -0.2) is 9.91 Å². The summed E-state index contributed by atoms with van der Waals surface area (Å²) in [5.41, 5.74) is 8.01. The highest BCUT2D eigenvalue weighted by Gasteiger charge is 2.13. The van der Waals surface area contributed by atoms with Crippen LogP contribution in [0.1, 0.15) is 5.56 Å². The number of hydrogen-bond donors (Lipinski definition) is 1. The predicted octanol–water partition coefficient (Wildman–Crippen LogP) is 2.55. The Kier molecular flexibility index (Phi) is 2.74. The monoisotopic (exact) mass is 229 g/mol. The molecule has 17 heavy (non-hydrogen) atoms. The highest BCUT2D eigenvalue weighted by Crippen LogP contribution is 2.26. The van der Waals surface area contributed by atoms with E-state index in [1.54, 1.807) is 6.07 Å². The first-order valence-corrected chi connectivity index (χ1v) is 5.06. The highest BCUT2D eigenvalue weighted by atomic mass is 16.6. The molecule has 0 bridgehead atoms. The topological polar surface area (TPSA) is 82.0 Å². The van der Waals surface area contributed by atoms with Crippen LogP contribution in [0.15, 0.2) is 36.4 Å². The van der Waals surface area contributed by atoms with Gasteiger partial charge in [0, 0.05) is 11.6 Å². The van der Waals surface area contributed by atoms with Crippen LogP contribution < -0.4 is 5.73 Å². The number of nitrogens with two attached hydrogens (primary N) is 1. The van der Waals surface area contributed by atoms with Gasteiger partial charge in [0.25, 0.3) is 0 Å². The van der Waals surface area contributed by atoms with Gasteiger partial charge in [-0.25, -0.2) is 4.98 Å². The third-order valence-corrected chi connectivity index (χ3v) is 2.52. The van der Waals surface area contributed by atoms with Crippen molar-refractivity contribution >= 4 is 11.5 Å². The first kappa shape index (κ1) is 11.1. The van der Waals surface area contributed by atoms with Crippen LogP contribution in [-0.2, 0) is 0 Å². The van der Waals surface area contributed by atoms with E-state index in [4.69, 9.17) is 5.73 Å². The molecule has 0 saturated carbocycles. The van der Waals surface area contributed by atoms with Gasteiger partial charge in [0.1, 0.15) is 0 Å². The van der Waals surface area contributed by atoms with Gasteiger partial charge in [-0.2, -0.15) is 0 Å². The second kappa shape index (κ2) is 4.21. The number of hydrogen-bond acceptors (Lipinski definition) is 4. The summed E-state index contributed by atoms with van der Waals surface area (Å²) in [6, 6.07) is 10.7. The van der Waals surface area contributed by atoms with Crippen molar-refractivity contribution < 1.29 is 4.92 Å². The Bertz CT molecular complexity index is 582. The molecule has 0 spiro atoms. The van der Waals surface area contributed by atoms with E-state index in [-0.39, 0.29) is 11.5 Å². The van der Waals surface area contributed by atoms with E-state index in [0.717, 1.165) is 11.1 Å². The van der Waals surface area contributed by atoms with Gasteiger partial charge in [-0.15, -0.1) is 0 Å². The lowest BCUT2D eigenvalue weighted by atomic mass is 10.1. The fourth-order valence-electron chi connectivity index (χ4n) is 1.63. The minimum absolute atomic E-state index is 0.0595. The maximum atomic E-state index is 10.6. The van der Waals surface area contributed by atoms with Crippen LogP contribution >= 0.6 is 0 Å². The Labute approximate surface area is 98.1 Å². The highest BCUT2D eigenvalue weighted by molar-refractivity contribution is 5.67. The van der Waals surface area contributed by atoms with Gasteiger partial charge in [-0.1, -0.05) is 24.3 Å². The minimum Gasteiger partial charge on any atom is -0.378 e. The molecule has 0 amide bonds. The average Bonchev–Trinajstić information content (AvgIpc) is 2.29. The maximum absolute atomic E-state index is 10.6. The van der Waals surface area contributed by atoms with Gasteiger partial charge in [0.05, 0.1) is 10.6 Å². The third kappa shape index (κ3) is 2.08. The molecule has 0 unspecified atom stereocenters. The molecular formula is C12H11N3O2. The molecule has 0 aliphatic carbocycles. The van der Waals surface area contributed by atoms with Crippen LogP contribution in [0.3, 0.4) is 0 Å². The maximum Gasteiger partial charge on any atom is 0.311 e. The van der Waals surface area contributed by atoms with Crippen molar-refractivity contribution in [3.05, 3.63) is 52.1 Å². The van der Waals surface area contributed by atoms with Crippen LogP contribution in [0.5, 0.6) is 0 Å². The zero-order valence-electron chi connectivity index (χ0n) is 9.25. The van der Waals surface area contributed by atoms with Crippen molar-refractivity contribution in [3.63, 3.8) is 0 Å². The van der Waals surface area contributed by atoms with Crippen molar-refractivity contribution in [2.75, 3.05) is 5.73 Å². The fraction of sp³-hybridized carbons (Fsp3) is 0.0833.